The number of ether oxygens (including phenoxy) is 1. The van der Waals surface area contributed by atoms with E-state index in [1.807, 2.05) is 0 Å². The molecule has 0 saturated carbocycles. The number of alkyl halides is 3. The number of fused-ring (bicyclic) bond motifs is 1. The maximum atomic E-state index is 12.1. The molecule has 0 aliphatic carbocycles. The number of carboxylic acid groups (broad SMARTS) is 2. The smallest absolute Gasteiger partial charge is 0.473 e. The van der Waals surface area contributed by atoms with E-state index in [9.17, 15) is 13.2 Å². The third-order valence-corrected chi connectivity index (χ3v) is 2.57. The van der Waals surface area contributed by atoms with Gasteiger partial charge in [0, 0.05) is 17.1 Å². The second kappa shape index (κ2) is 7.49. The number of benzene rings is 1. The fourth-order valence-electron chi connectivity index (χ4n) is 1.72. The predicted octanol–water partition coefficient (Wildman–Crippen LogP) is 1.72. The molecule has 2 aromatic rings. The Morgan fingerprint density at radius 3 is 2.30 bits per heavy atom. The molecule has 0 atom stereocenters. The normalized spacial score (nSPS) is 10.8. The van der Waals surface area contributed by atoms with Crippen LogP contribution in [0.15, 0.2) is 24.4 Å². The van der Waals surface area contributed by atoms with Gasteiger partial charge in [0.2, 0.25) is 0 Å². The Morgan fingerprint density at radius 1 is 1.22 bits per heavy atom. The monoisotopic (exact) mass is 334 g/mol. The van der Waals surface area contributed by atoms with Gasteiger partial charge in [-0.25, -0.2) is 9.59 Å². The molecule has 23 heavy (non-hydrogen) atoms. The largest absolute Gasteiger partial charge is 0.573 e. The molecule has 10 heteroatoms. The summed E-state index contributed by atoms with van der Waals surface area (Å²) in [6, 6.07) is 4.19. The Bertz CT molecular complexity index is 684. The summed E-state index contributed by atoms with van der Waals surface area (Å²) >= 11 is 0. The van der Waals surface area contributed by atoms with Crippen LogP contribution < -0.4 is 10.5 Å². The molecule has 0 aliphatic rings. The van der Waals surface area contributed by atoms with E-state index in [0.717, 1.165) is 11.1 Å². The fraction of sp³-hybridized carbons (Fsp3) is 0.231. The zero-order valence-corrected chi connectivity index (χ0v) is 11.6. The van der Waals surface area contributed by atoms with Crippen molar-refractivity contribution in [2.24, 2.45) is 5.73 Å². The summed E-state index contributed by atoms with van der Waals surface area (Å²) in [4.78, 5) is 21.2. The number of H-pyrrole nitrogens is 1. The van der Waals surface area contributed by atoms with Crippen molar-refractivity contribution >= 4 is 22.8 Å². The summed E-state index contributed by atoms with van der Waals surface area (Å²) in [5, 5.41) is 15.5. The Morgan fingerprint density at radius 2 is 1.83 bits per heavy atom. The van der Waals surface area contributed by atoms with Gasteiger partial charge in [0.25, 0.3) is 0 Å². The van der Waals surface area contributed by atoms with Crippen LogP contribution >= 0.6 is 0 Å². The average molecular weight is 334 g/mol. The Kier molecular flexibility index (Phi) is 5.96. The van der Waals surface area contributed by atoms with Crippen LogP contribution in [-0.4, -0.2) is 40.0 Å². The number of carbonyl (C=O) groups is 2. The molecule has 0 fully saturated rings. The molecule has 0 saturated heterocycles. The van der Waals surface area contributed by atoms with Crippen LogP contribution in [-0.2, 0) is 16.0 Å². The first kappa shape index (κ1) is 18.3. The molecule has 0 spiro atoms. The predicted molar refractivity (Wildman–Crippen MR) is 73.0 cm³/mol. The van der Waals surface area contributed by atoms with Gasteiger partial charge in [0.15, 0.2) is 0 Å². The molecule has 0 unspecified atom stereocenters. The summed E-state index contributed by atoms with van der Waals surface area (Å²) < 4.78 is 40.1. The number of rotatable bonds is 3. The van der Waals surface area contributed by atoms with Gasteiger partial charge in [-0.05, 0) is 36.7 Å². The molecule has 7 nitrogen and oxygen atoms in total. The minimum Gasteiger partial charge on any atom is -0.473 e. The zero-order chi connectivity index (χ0) is 17.6. The summed E-state index contributed by atoms with van der Waals surface area (Å²) in [7, 11) is 0. The van der Waals surface area contributed by atoms with Crippen molar-refractivity contribution in [2.75, 3.05) is 6.54 Å². The first-order valence-corrected chi connectivity index (χ1v) is 6.16. The third kappa shape index (κ3) is 5.87. The summed E-state index contributed by atoms with van der Waals surface area (Å²) in [5.41, 5.74) is 7.08. The third-order valence-electron chi connectivity index (χ3n) is 2.57. The van der Waals surface area contributed by atoms with Gasteiger partial charge in [-0.15, -0.1) is 13.2 Å². The van der Waals surface area contributed by atoms with Gasteiger partial charge in [0.1, 0.15) is 5.75 Å². The lowest BCUT2D eigenvalue weighted by Gasteiger charge is -2.08. The summed E-state index contributed by atoms with van der Waals surface area (Å²) in [6.45, 7) is 0.442. The average Bonchev–Trinajstić information content (AvgIpc) is 2.81. The van der Waals surface area contributed by atoms with Gasteiger partial charge >= 0.3 is 18.3 Å². The van der Waals surface area contributed by atoms with Crippen molar-refractivity contribution in [1.29, 1.82) is 0 Å². The van der Waals surface area contributed by atoms with Gasteiger partial charge < -0.3 is 25.7 Å². The van der Waals surface area contributed by atoms with Crippen molar-refractivity contribution in [3.63, 3.8) is 0 Å². The number of aliphatic carboxylic acids is 2. The highest BCUT2D eigenvalue weighted by molar-refractivity contribution is 6.27. The number of aromatic amines is 1. The fourth-order valence-corrected chi connectivity index (χ4v) is 1.72. The standard InChI is InChI=1S/C11H11F3N2O.C2H2O4/c12-11(13,14)17-8-1-2-10-9(5-8)7(3-4-15)6-16-10;3-1(4)2(5)6/h1-2,5-6,16H,3-4,15H2;(H,3,4)(H,5,6). The highest BCUT2D eigenvalue weighted by Gasteiger charge is 2.31. The van der Waals surface area contributed by atoms with Crippen molar-refractivity contribution in [3.8, 4) is 5.75 Å². The van der Waals surface area contributed by atoms with Crippen LogP contribution in [0.5, 0.6) is 5.75 Å². The zero-order valence-electron chi connectivity index (χ0n) is 11.6. The van der Waals surface area contributed by atoms with Crippen LogP contribution in [0.3, 0.4) is 0 Å². The Hall–Kier alpha value is -2.75. The maximum Gasteiger partial charge on any atom is 0.573 e. The number of nitrogens with two attached hydrogens (primary N) is 1. The van der Waals surface area contributed by atoms with Gasteiger partial charge in [-0.1, -0.05) is 0 Å². The number of halogens is 3. The first-order valence-electron chi connectivity index (χ1n) is 6.16. The van der Waals surface area contributed by atoms with Gasteiger partial charge in [-0.3, -0.25) is 0 Å². The summed E-state index contributed by atoms with van der Waals surface area (Å²) in [6.07, 6.45) is -2.32. The SMILES string of the molecule is NCCc1c[nH]c2ccc(OC(F)(F)F)cc12.O=C(O)C(=O)O. The van der Waals surface area contributed by atoms with Crippen molar-refractivity contribution in [2.45, 2.75) is 12.8 Å². The number of hydrogen-bond donors (Lipinski definition) is 4. The van der Waals surface area contributed by atoms with E-state index in [2.05, 4.69) is 9.72 Å². The second-order valence-corrected chi connectivity index (χ2v) is 4.22. The van der Waals surface area contributed by atoms with Gasteiger partial charge in [-0.2, -0.15) is 0 Å². The van der Waals surface area contributed by atoms with Gasteiger partial charge in [0.05, 0.1) is 0 Å². The Labute approximate surface area is 127 Å². The van der Waals surface area contributed by atoms with Crippen molar-refractivity contribution in [3.05, 3.63) is 30.0 Å². The molecule has 126 valence electrons. The topological polar surface area (TPSA) is 126 Å². The lowest BCUT2D eigenvalue weighted by atomic mass is 10.1. The van der Waals surface area contributed by atoms with E-state index in [4.69, 9.17) is 25.5 Å². The molecular weight excluding hydrogens is 321 g/mol. The van der Waals surface area contributed by atoms with Crippen LogP contribution in [0.2, 0.25) is 0 Å². The molecular formula is C13H13F3N2O5. The molecule has 1 heterocycles. The highest BCUT2D eigenvalue weighted by atomic mass is 19.4. The first-order chi connectivity index (χ1) is 10.6. The van der Waals surface area contributed by atoms with E-state index >= 15 is 0 Å². The maximum absolute atomic E-state index is 12.1. The molecule has 0 aliphatic heterocycles. The second-order valence-electron chi connectivity index (χ2n) is 4.22. The van der Waals surface area contributed by atoms with Crippen LogP contribution in [0.1, 0.15) is 5.56 Å². The molecule has 0 radical (unpaired) electrons. The molecule has 2 rings (SSSR count). The van der Waals surface area contributed by atoms with Crippen molar-refractivity contribution in [1.82, 2.24) is 4.98 Å². The van der Waals surface area contributed by atoms with E-state index in [-0.39, 0.29) is 5.75 Å². The number of carboxylic acids is 2. The Balaban J connectivity index is 0.000000379. The van der Waals surface area contributed by atoms with E-state index in [0.29, 0.717) is 18.4 Å². The van der Waals surface area contributed by atoms with E-state index in [1.54, 1.807) is 12.3 Å². The van der Waals surface area contributed by atoms with Crippen molar-refractivity contribution < 1.29 is 37.7 Å². The minimum atomic E-state index is -4.67. The molecule has 5 N–H and O–H groups in total. The minimum absolute atomic E-state index is 0.220. The number of nitrogens with one attached hydrogen (secondary N) is 1. The van der Waals surface area contributed by atoms with E-state index in [1.165, 1.54) is 12.1 Å². The van der Waals surface area contributed by atoms with Crippen LogP contribution in [0.25, 0.3) is 10.9 Å². The lowest BCUT2D eigenvalue weighted by Crippen LogP contribution is -2.17. The quantitative estimate of drug-likeness (QED) is 0.633. The van der Waals surface area contributed by atoms with Crippen LogP contribution in [0.4, 0.5) is 13.2 Å². The molecule has 1 aromatic carbocycles. The molecule has 0 bridgehead atoms. The lowest BCUT2D eigenvalue weighted by molar-refractivity contribution is -0.274. The highest BCUT2D eigenvalue weighted by Crippen LogP contribution is 2.28. The summed E-state index contributed by atoms with van der Waals surface area (Å²) in [5.74, 6) is -3.87. The molecule has 0 amide bonds. The molecule has 1 aromatic heterocycles. The number of hydrogen-bond acceptors (Lipinski definition) is 4. The number of aromatic nitrogens is 1. The van der Waals surface area contributed by atoms with E-state index < -0.39 is 18.3 Å². The van der Waals surface area contributed by atoms with Crippen LogP contribution in [0, 0.1) is 0 Å².